The first-order valence-corrected chi connectivity index (χ1v) is 10.4. The third-order valence-electron chi connectivity index (χ3n) is 3.51. The van der Waals surface area contributed by atoms with Crippen LogP contribution in [0.3, 0.4) is 0 Å². The number of ether oxygens (including phenoxy) is 2. The zero-order valence-electron chi connectivity index (χ0n) is 15.0. The summed E-state index contributed by atoms with van der Waals surface area (Å²) in [6.45, 7) is 1.99. The third kappa shape index (κ3) is 4.71. The molecule has 0 atom stereocenters. The summed E-state index contributed by atoms with van der Waals surface area (Å²) in [6.07, 6.45) is 2.38. The molecule has 0 bridgehead atoms. The van der Waals surface area contributed by atoms with E-state index in [0.717, 1.165) is 6.26 Å². The van der Waals surface area contributed by atoms with Gasteiger partial charge in [-0.25, -0.2) is 9.79 Å². The van der Waals surface area contributed by atoms with Crippen molar-refractivity contribution in [3.05, 3.63) is 64.3 Å². The second kappa shape index (κ2) is 8.04. The summed E-state index contributed by atoms with van der Waals surface area (Å²) >= 11 is 6.17. The fourth-order valence-corrected chi connectivity index (χ4v) is 3.22. The fourth-order valence-electron chi connectivity index (χ4n) is 2.44. The van der Waals surface area contributed by atoms with E-state index in [2.05, 4.69) is 4.99 Å². The Kier molecular flexibility index (Phi) is 5.71. The summed E-state index contributed by atoms with van der Waals surface area (Å²) in [5.41, 5.74) is 1.22. The molecule has 0 N–H and O–H groups in total. The van der Waals surface area contributed by atoms with Gasteiger partial charge in [0.25, 0.3) is 0 Å². The van der Waals surface area contributed by atoms with Crippen LogP contribution in [0.4, 0.5) is 0 Å². The van der Waals surface area contributed by atoms with Crippen molar-refractivity contribution >= 4 is 39.7 Å². The van der Waals surface area contributed by atoms with Crippen LogP contribution in [0.2, 0.25) is 5.02 Å². The topological polar surface area (TPSA) is 91.3 Å². The van der Waals surface area contributed by atoms with Gasteiger partial charge in [0, 0.05) is 5.56 Å². The van der Waals surface area contributed by atoms with Crippen LogP contribution >= 0.6 is 11.6 Å². The molecule has 0 spiro atoms. The Labute approximate surface area is 167 Å². The second-order valence-corrected chi connectivity index (χ2v) is 7.73. The highest BCUT2D eigenvalue weighted by atomic mass is 35.5. The number of rotatable bonds is 6. The molecule has 1 aliphatic heterocycles. The van der Waals surface area contributed by atoms with E-state index in [0.29, 0.717) is 11.1 Å². The van der Waals surface area contributed by atoms with E-state index >= 15 is 0 Å². The van der Waals surface area contributed by atoms with Crippen LogP contribution in [0, 0.1) is 0 Å². The number of carbonyl (C=O) groups excluding carboxylic acids is 1. The Morgan fingerprint density at radius 2 is 1.93 bits per heavy atom. The number of cyclic esters (lactones) is 1. The van der Waals surface area contributed by atoms with E-state index in [9.17, 15) is 13.2 Å². The molecule has 0 amide bonds. The first kappa shape index (κ1) is 19.9. The van der Waals surface area contributed by atoms with Crippen molar-refractivity contribution in [2.45, 2.75) is 6.92 Å². The highest BCUT2D eigenvalue weighted by Crippen LogP contribution is 2.38. The third-order valence-corrected chi connectivity index (χ3v) is 4.26. The van der Waals surface area contributed by atoms with Gasteiger partial charge in [0.15, 0.2) is 11.4 Å². The molecule has 0 fully saturated rings. The van der Waals surface area contributed by atoms with Gasteiger partial charge < -0.3 is 13.7 Å². The number of carbonyl (C=O) groups is 1. The summed E-state index contributed by atoms with van der Waals surface area (Å²) in [4.78, 5) is 16.4. The van der Waals surface area contributed by atoms with Gasteiger partial charge in [-0.3, -0.25) is 0 Å². The number of hydrogen-bond acceptors (Lipinski definition) is 7. The van der Waals surface area contributed by atoms with Gasteiger partial charge in [-0.1, -0.05) is 29.8 Å². The SMILES string of the molecule is CCOc1cc(/C=C2\N=C(c3ccccc3)OC2=O)cc(Cl)c1OS(C)(=O)=O. The van der Waals surface area contributed by atoms with Crippen LogP contribution < -0.4 is 8.92 Å². The van der Waals surface area contributed by atoms with Crippen LogP contribution in [-0.4, -0.2) is 33.1 Å². The van der Waals surface area contributed by atoms with Crippen LogP contribution in [0.25, 0.3) is 6.08 Å². The summed E-state index contributed by atoms with van der Waals surface area (Å²) in [6, 6.07) is 12.0. The van der Waals surface area contributed by atoms with Crippen molar-refractivity contribution in [1.29, 1.82) is 0 Å². The minimum atomic E-state index is -3.80. The summed E-state index contributed by atoms with van der Waals surface area (Å²) in [5, 5.41) is 0.0156. The van der Waals surface area contributed by atoms with Crippen LogP contribution in [0.1, 0.15) is 18.1 Å². The van der Waals surface area contributed by atoms with E-state index in [1.165, 1.54) is 18.2 Å². The lowest BCUT2D eigenvalue weighted by atomic mass is 10.1. The minimum absolute atomic E-state index is 0.0156. The zero-order chi connectivity index (χ0) is 20.3. The maximum Gasteiger partial charge on any atom is 0.363 e. The molecular weight excluding hydrogens is 406 g/mol. The molecule has 9 heteroatoms. The number of esters is 1. The summed E-state index contributed by atoms with van der Waals surface area (Å²) in [7, 11) is -3.80. The van der Waals surface area contributed by atoms with Crippen LogP contribution in [-0.2, 0) is 19.6 Å². The lowest BCUT2D eigenvalue weighted by Crippen LogP contribution is -2.08. The van der Waals surface area contributed by atoms with Gasteiger partial charge in [0.05, 0.1) is 17.9 Å². The molecule has 0 saturated heterocycles. The molecule has 7 nitrogen and oxygen atoms in total. The van der Waals surface area contributed by atoms with Crippen molar-refractivity contribution in [1.82, 2.24) is 0 Å². The average molecular weight is 422 g/mol. The van der Waals surface area contributed by atoms with Gasteiger partial charge >= 0.3 is 16.1 Å². The fraction of sp³-hybridized carbons (Fsp3) is 0.158. The number of aliphatic imine (C=N–C) groups is 1. The molecule has 28 heavy (non-hydrogen) atoms. The largest absolute Gasteiger partial charge is 0.490 e. The van der Waals surface area contributed by atoms with Crippen LogP contribution in [0.5, 0.6) is 11.5 Å². The quantitative estimate of drug-likeness (QED) is 0.403. The van der Waals surface area contributed by atoms with E-state index in [1.54, 1.807) is 19.1 Å². The number of hydrogen-bond donors (Lipinski definition) is 0. The molecule has 2 aromatic rings. The molecule has 0 aliphatic carbocycles. The normalized spacial score (nSPS) is 15.3. The standard InChI is InChI=1S/C19H16ClNO6S/c1-3-25-16-11-12(9-14(20)17(16)27-28(2,23)24)10-15-19(22)26-18(21-15)13-7-5-4-6-8-13/h4-11H,3H2,1-2H3/b15-10-. The van der Waals surface area contributed by atoms with Crippen molar-refractivity contribution in [3.63, 3.8) is 0 Å². The molecule has 0 saturated carbocycles. The van der Waals surface area contributed by atoms with Gasteiger partial charge in [0.2, 0.25) is 11.6 Å². The van der Waals surface area contributed by atoms with Crippen molar-refractivity contribution in [3.8, 4) is 11.5 Å². The van der Waals surface area contributed by atoms with Gasteiger partial charge in [-0.15, -0.1) is 0 Å². The zero-order valence-corrected chi connectivity index (χ0v) is 16.6. The summed E-state index contributed by atoms with van der Waals surface area (Å²) < 4.78 is 38.5. The lowest BCUT2D eigenvalue weighted by molar-refractivity contribution is -0.129. The van der Waals surface area contributed by atoms with Crippen molar-refractivity contribution in [2.24, 2.45) is 4.99 Å². The molecule has 0 unspecified atom stereocenters. The molecule has 0 radical (unpaired) electrons. The first-order chi connectivity index (χ1) is 13.3. The maximum atomic E-state index is 12.1. The Hall–Kier alpha value is -2.84. The minimum Gasteiger partial charge on any atom is -0.490 e. The van der Waals surface area contributed by atoms with Crippen molar-refractivity contribution in [2.75, 3.05) is 12.9 Å². The molecule has 0 aromatic heterocycles. The Morgan fingerprint density at radius 1 is 1.21 bits per heavy atom. The van der Waals surface area contributed by atoms with E-state index in [4.69, 9.17) is 25.3 Å². The highest BCUT2D eigenvalue weighted by Gasteiger charge is 2.24. The van der Waals surface area contributed by atoms with Crippen LogP contribution in [0.15, 0.2) is 53.2 Å². The predicted molar refractivity (Wildman–Crippen MR) is 105 cm³/mol. The smallest absolute Gasteiger partial charge is 0.363 e. The maximum absolute atomic E-state index is 12.1. The molecule has 146 valence electrons. The van der Waals surface area contributed by atoms with Gasteiger partial charge in [-0.05, 0) is 42.8 Å². The lowest BCUT2D eigenvalue weighted by Gasteiger charge is -2.12. The second-order valence-electron chi connectivity index (χ2n) is 5.75. The molecular formula is C19H16ClNO6S. The first-order valence-electron chi connectivity index (χ1n) is 8.20. The molecule has 1 heterocycles. The average Bonchev–Trinajstić information content (AvgIpc) is 2.99. The van der Waals surface area contributed by atoms with E-state index < -0.39 is 16.1 Å². The molecule has 1 aliphatic rings. The molecule has 2 aromatic carbocycles. The van der Waals surface area contributed by atoms with E-state index in [-0.39, 0.29) is 34.7 Å². The van der Waals surface area contributed by atoms with E-state index in [1.807, 2.05) is 18.2 Å². The van der Waals surface area contributed by atoms with Gasteiger partial charge in [-0.2, -0.15) is 8.42 Å². The Morgan fingerprint density at radius 3 is 2.57 bits per heavy atom. The van der Waals surface area contributed by atoms with Gasteiger partial charge in [0.1, 0.15) is 0 Å². The number of halogens is 1. The Balaban J connectivity index is 1.99. The molecule has 3 rings (SSSR count). The Bertz CT molecular complexity index is 1080. The summed E-state index contributed by atoms with van der Waals surface area (Å²) in [5.74, 6) is -0.393. The van der Waals surface area contributed by atoms with Crippen molar-refractivity contribution < 1.29 is 26.9 Å². The number of benzene rings is 2. The number of nitrogens with zero attached hydrogens (tertiary/aromatic N) is 1. The predicted octanol–water partition coefficient (Wildman–Crippen LogP) is 3.42. The highest BCUT2D eigenvalue weighted by molar-refractivity contribution is 7.86. The monoisotopic (exact) mass is 421 g/mol.